The number of hydrogen-bond donors (Lipinski definition) is 0. The molecule has 0 aromatic heterocycles. The van der Waals surface area contributed by atoms with Gasteiger partial charge in [-0.3, -0.25) is 4.79 Å². The van der Waals surface area contributed by atoms with Gasteiger partial charge in [0.15, 0.2) is 5.43 Å². The second kappa shape index (κ2) is 5.98. The Morgan fingerprint density at radius 2 is 1.05 bits per heavy atom. The third-order valence-corrected chi connectivity index (χ3v) is 3.90. The smallest absolute Gasteiger partial charge is 0.194 e. The van der Waals surface area contributed by atoms with E-state index in [2.05, 4.69) is 24.3 Å². The second-order valence-electron chi connectivity index (χ2n) is 5.54. The molecule has 0 amide bonds. The van der Waals surface area contributed by atoms with Crippen molar-refractivity contribution in [3.8, 4) is 0 Å². The van der Waals surface area contributed by atoms with Gasteiger partial charge in [-0.15, -0.1) is 0 Å². The van der Waals surface area contributed by atoms with Crippen molar-refractivity contribution in [2.45, 2.75) is 13.8 Å². The molecule has 0 aliphatic heterocycles. The zero-order valence-corrected chi connectivity index (χ0v) is 12.8. The topological polar surface area (TPSA) is 17.1 Å². The predicted octanol–water partition coefficient (Wildman–Crippen LogP) is 5.04. The Morgan fingerprint density at radius 3 is 1.41 bits per heavy atom. The first-order valence-corrected chi connectivity index (χ1v) is 7.43. The molecule has 0 fully saturated rings. The van der Waals surface area contributed by atoms with Gasteiger partial charge in [0, 0.05) is 11.1 Å². The molecule has 0 heterocycles. The Balaban J connectivity index is 1.85. The fourth-order valence-electron chi connectivity index (χ4n) is 2.49. The van der Waals surface area contributed by atoms with Crippen molar-refractivity contribution in [3.63, 3.8) is 0 Å². The van der Waals surface area contributed by atoms with Crippen molar-refractivity contribution < 1.29 is 0 Å². The summed E-state index contributed by atoms with van der Waals surface area (Å²) in [5, 5.41) is 0. The van der Waals surface area contributed by atoms with E-state index in [0.29, 0.717) is 0 Å². The Morgan fingerprint density at radius 1 is 0.682 bits per heavy atom. The van der Waals surface area contributed by atoms with E-state index in [0.717, 1.165) is 33.4 Å². The zero-order valence-electron chi connectivity index (χ0n) is 12.8. The predicted molar refractivity (Wildman–Crippen MR) is 95.1 cm³/mol. The van der Waals surface area contributed by atoms with Crippen molar-refractivity contribution in [1.82, 2.24) is 0 Å². The van der Waals surface area contributed by atoms with Crippen LogP contribution in [0, 0.1) is 0 Å². The molecular weight excluding hydrogens is 268 g/mol. The Kier molecular flexibility index (Phi) is 3.88. The highest BCUT2D eigenvalue weighted by atomic mass is 16.1. The van der Waals surface area contributed by atoms with E-state index in [4.69, 9.17) is 0 Å². The molecule has 3 aromatic rings. The standard InChI is InChI=1S/C21H18O/c1-15(17-9-5-3-6-10-17)13-19-20(21(19)22)14-16(2)18-11-7-4-8-12-18/h3-14H,1-2H3/b15-13+,16-14+. The summed E-state index contributed by atoms with van der Waals surface area (Å²) in [5.41, 5.74) is 6.35. The van der Waals surface area contributed by atoms with Crippen LogP contribution in [0.5, 0.6) is 0 Å². The second-order valence-corrected chi connectivity index (χ2v) is 5.54. The molecule has 0 spiro atoms. The van der Waals surface area contributed by atoms with Gasteiger partial charge < -0.3 is 0 Å². The van der Waals surface area contributed by atoms with Crippen LogP contribution in [0.2, 0.25) is 0 Å². The van der Waals surface area contributed by atoms with Crippen molar-refractivity contribution >= 4 is 23.3 Å². The van der Waals surface area contributed by atoms with Gasteiger partial charge in [-0.1, -0.05) is 60.7 Å². The number of benzene rings is 2. The first kappa shape index (κ1) is 14.3. The quantitative estimate of drug-likeness (QED) is 0.656. The SMILES string of the molecule is C/C(=C\c1c(/C=C(\C)c2ccccc2)c1=O)c1ccccc1. The normalized spacial score (nSPS) is 12.8. The maximum absolute atomic E-state index is 12.0. The molecule has 0 aliphatic carbocycles. The van der Waals surface area contributed by atoms with Crippen molar-refractivity contribution in [2.24, 2.45) is 0 Å². The Labute approximate surface area is 130 Å². The summed E-state index contributed by atoms with van der Waals surface area (Å²) in [7, 11) is 0. The monoisotopic (exact) mass is 286 g/mol. The molecule has 0 N–H and O–H groups in total. The van der Waals surface area contributed by atoms with E-state index >= 15 is 0 Å². The Bertz CT molecular complexity index is 771. The van der Waals surface area contributed by atoms with Gasteiger partial charge in [-0.2, -0.15) is 0 Å². The third kappa shape index (κ3) is 2.99. The number of allylic oxidation sites excluding steroid dienone is 2. The van der Waals surface area contributed by atoms with Gasteiger partial charge in [-0.25, -0.2) is 0 Å². The summed E-state index contributed by atoms with van der Waals surface area (Å²) in [5.74, 6) is 0. The van der Waals surface area contributed by atoms with Crippen LogP contribution in [-0.4, -0.2) is 0 Å². The molecule has 1 nitrogen and oxygen atoms in total. The molecular formula is C21H18O. The highest BCUT2D eigenvalue weighted by molar-refractivity contribution is 5.92. The van der Waals surface area contributed by atoms with Crippen LogP contribution in [0.25, 0.3) is 23.3 Å². The summed E-state index contributed by atoms with van der Waals surface area (Å²) in [6.07, 6.45) is 3.98. The highest BCUT2D eigenvalue weighted by Crippen LogP contribution is 2.24. The first-order chi connectivity index (χ1) is 10.7. The molecule has 0 saturated carbocycles. The van der Waals surface area contributed by atoms with Gasteiger partial charge in [0.2, 0.25) is 0 Å². The van der Waals surface area contributed by atoms with Crippen LogP contribution in [0.1, 0.15) is 36.1 Å². The zero-order chi connectivity index (χ0) is 15.5. The fourth-order valence-corrected chi connectivity index (χ4v) is 2.49. The lowest BCUT2D eigenvalue weighted by atomic mass is 10.1. The lowest BCUT2D eigenvalue weighted by Crippen LogP contribution is -1.79. The summed E-state index contributed by atoms with van der Waals surface area (Å²) in [4.78, 5) is 12.0. The fraction of sp³-hybridized carbons (Fsp3) is 0.0952. The lowest BCUT2D eigenvalue weighted by molar-refractivity contribution is 1.58. The van der Waals surface area contributed by atoms with Crippen molar-refractivity contribution in [1.29, 1.82) is 0 Å². The summed E-state index contributed by atoms with van der Waals surface area (Å²) >= 11 is 0. The minimum atomic E-state index is 0.158. The van der Waals surface area contributed by atoms with Gasteiger partial charge in [-0.05, 0) is 48.3 Å². The van der Waals surface area contributed by atoms with E-state index < -0.39 is 0 Å². The molecule has 108 valence electrons. The third-order valence-electron chi connectivity index (χ3n) is 3.90. The maximum atomic E-state index is 12.0. The summed E-state index contributed by atoms with van der Waals surface area (Å²) in [6.45, 7) is 4.08. The maximum Gasteiger partial charge on any atom is 0.194 e. The molecule has 1 heteroatoms. The Hall–Kier alpha value is -2.67. The van der Waals surface area contributed by atoms with Crippen molar-refractivity contribution in [2.75, 3.05) is 0 Å². The van der Waals surface area contributed by atoms with Gasteiger partial charge in [0.1, 0.15) is 0 Å². The molecule has 0 unspecified atom stereocenters. The molecule has 0 bridgehead atoms. The average molecular weight is 286 g/mol. The minimum absolute atomic E-state index is 0.158. The first-order valence-electron chi connectivity index (χ1n) is 7.43. The van der Waals surface area contributed by atoms with E-state index in [-0.39, 0.29) is 5.43 Å². The van der Waals surface area contributed by atoms with Crippen LogP contribution in [0.3, 0.4) is 0 Å². The molecule has 0 radical (unpaired) electrons. The van der Waals surface area contributed by atoms with Crippen LogP contribution in [-0.2, 0) is 0 Å². The molecule has 3 aromatic carbocycles. The van der Waals surface area contributed by atoms with Gasteiger partial charge in [0.05, 0.1) is 0 Å². The van der Waals surface area contributed by atoms with Crippen LogP contribution in [0.4, 0.5) is 0 Å². The molecule has 0 atom stereocenters. The van der Waals surface area contributed by atoms with Crippen LogP contribution >= 0.6 is 0 Å². The summed E-state index contributed by atoms with van der Waals surface area (Å²) in [6, 6.07) is 20.3. The number of hydrogen-bond acceptors (Lipinski definition) is 1. The van der Waals surface area contributed by atoms with Gasteiger partial charge >= 0.3 is 0 Å². The van der Waals surface area contributed by atoms with E-state index in [1.165, 1.54) is 0 Å². The van der Waals surface area contributed by atoms with E-state index in [1.54, 1.807) is 0 Å². The molecule has 0 aliphatic rings. The molecule has 22 heavy (non-hydrogen) atoms. The molecule has 3 rings (SSSR count). The van der Waals surface area contributed by atoms with Crippen molar-refractivity contribution in [3.05, 3.63) is 93.1 Å². The van der Waals surface area contributed by atoms with Crippen LogP contribution in [0.15, 0.2) is 65.5 Å². The lowest BCUT2D eigenvalue weighted by Gasteiger charge is -1.99. The van der Waals surface area contributed by atoms with E-state index in [1.807, 2.05) is 62.4 Å². The largest absolute Gasteiger partial charge is 0.289 e. The highest BCUT2D eigenvalue weighted by Gasteiger charge is 2.18. The van der Waals surface area contributed by atoms with Gasteiger partial charge in [0.25, 0.3) is 0 Å². The number of rotatable bonds is 4. The molecule has 0 saturated heterocycles. The van der Waals surface area contributed by atoms with E-state index in [9.17, 15) is 4.79 Å². The minimum Gasteiger partial charge on any atom is -0.289 e. The summed E-state index contributed by atoms with van der Waals surface area (Å²) < 4.78 is 0. The average Bonchev–Trinajstić information content (AvgIpc) is 3.16. The van der Waals surface area contributed by atoms with Crippen LogP contribution < -0.4 is 5.43 Å².